The normalized spacial score (nSPS) is 7.03. The Kier molecular flexibility index (Phi) is 215. The molecule has 0 heterocycles. The molecule has 0 saturated carbocycles. The number of hydrogen-bond donors (Lipinski definition) is 0. The Morgan fingerprint density at radius 1 is 0.172 bits per heavy atom. The summed E-state index contributed by atoms with van der Waals surface area (Å²) in [6, 6.07) is 0. The van der Waals surface area contributed by atoms with E-state index in [4.69, 9.17) is 0 Å². The number of unbranched alkanes of at least 4 members (excludes halogenated alkanes) is 5. The maximum absolute atomic E-state index is 2.18. The van der Waals surface area contributed by atoms with Gasteiger partial charge in [-0.1, -0.05) is 194 Å². The molecule has 0 fully saturated rings. The van der Waals surface area contributed by atoms with E-state index in [1.54, 1.807) is 0 Å². The smallest absolute Gasteiger partial charge is 0.0564 e. The lowest BCUT2D eigenvalue weighted by molar-refractivity contribution is 0.886. The van der Waals surface area contributed by atoms with E-state index in [1.807, 2.05) is 0 Å². The molecule has 0 aliphatic rings. The molecule has 0 amide bonds. The quantitative estimate of drug-likeness (QED) is 0.413. The van der Waals surface area contributed by atoms with Crippen LogP contribution in [0.1, 0.15) is 194 Å². The van der Waals surface area contributed by atoms with Crippen molar-refractivity contribution in [1.82, 2.24) is 0 Å². The lowest BCUT2D eigenvalue weighted by atomic mass is 10.4. The van der Waals surface area contributed by atoms with Gasteiger partial charge in [-0.25, -0.2) is 0 Å². The van der Waals surface area contributed by atoms with Crippen LogP contribution in [0.3, 0.4) is 0 Å². The van der Waals surface area contributed by atoms with Gasteiger partial charge in [-0.2, -0.15) is 0 Å². The van der Waals surface area contributed by atoms with Crippen molar-refractivity contribution in [3.05, 3.63) is 0 Å². The zero-order valence-corrected chi connectivity index (χ0v) is 25.2. The van der Waals surface area contributed by atoms with E-state index in [0.717, 1.165) is 0 Å². The van der Waals surface area contributed by atoms with E-state index < -0.39 is 0 Å². The van der Waals surface area contributed by atoms with E-state index in [-0.39, 0.29) is 0 Å². The summed E-state index contributed by atoms with van der Waals surface area (Å²) < 4.78 is 0. The fraction of sp³-hybridized carbons (Fsp3) is 1.00. The van der Waals surface area contributed by atoms with Crippen LogP contribution in [0.5, 0.6) is 0 Å². The summed E-state index contributed by atoms with van der Waals surface area (Å²) in [6.07, 6.45) is 16.9. The summed E-state index contributed by atoms with van der Waals surface area (Å²) in [4.78, 5) is 0. The van der Waals surface area contributed by atoms with Crippen molar-refractivity contribution in [2.75, 3.05) is 0 Å². The maximum Gasteiger partial charge on any atom is -0.0564 e. The first-order chi connectivity index (χ1) is 13.8. The molecule has 0 radical (unpaired) electrons. The molecule has 0 spiro atoms. The van der Waals surface area contributed by atoms with Gasteiger partial charge in [-0.3, -0.25) is 0 Å². The Bertz CT molecular complexity index is 58.2. The molecule has 0 aliphatic carbocycles. The second-order valence-corrected chi connectivity index (χ2v) is 7.12. The molecule has 0 aliphatic heterocycles. The van der Waals surface area contributed by atoms with Crippen molar-refractivity contribution >= 4 is 0 Å². The summed E-state index contributed by atoms with van der Waals surface area (Å²) in [5.41, 5.74) is 0. The van der Waals surface area contributed by atoms with Crippen LogP contribution in [0.15, 0.2) is 0 Å². The first-order valence-corrected chi connectivity index (χ1v) is 13.8. The first kappa shape index (κ1) is 51.6. The van der Waals surface area contributed by atoms with Crippen LogP contribution in [0, 0.1) is 0 Å². The van der Waals surface area contributed by atoms with E-state index in [9.17, 15) is 0 Å². The van der Waals surface area contributed by atoms with Gasteiger partial charge in [0.05, 0.1) is 0 Å². The molecule has 0 heteroatoms. The molecule has 0 aromatic carbocycles. The second-order valence-electron chi connectivity index (χ2n) is 7.12. The van der Waals surface area contributed by atoms with E-state index in [1.165, 1.54) is 83.5 Å². The minimum Gasteiger partial charge on any atom is -0.0656 e. The van der Waals surface area contributed by atoms with Crippen LogP contribution in [-0.4, -0.2) is 0 Å². The molecule has 0 bridgehead atoms. The van der Waals surface area contributed by atoms with Gasteiger partial charge in [0.2, 0.25) is 0 Å². The molecule has 0 aromatic rings. The Balaban J connectivity index is -0.0000000291. The van der Waals surface area contributed by atoms with Crippen LogP contribution < -0.4 is 0 Å². The second kappa shape index (κ2) is 121. The molecule has 0 nitrogen and oxygen atoms in total. The third kappa shape index (κ3) is 757. The average Bonchev–Trinajstić information content (AvgIpc) is 2.75. The lowest BCUT2D eigenvalue weighted by Gasteiger charge is -1.68. The molecule has 0 aromatic heterocycles. The molecule has 190 valence electrons. The van der Waals surface area contributed by atoms with Crippen LogP contribution in [0.25, 0.3) is 0 Å². The van der Waals surface area contributed by atoms with Crippen LogP contribution in [-0.2, 0) is 0 Å². The van der Waals surface area contributed by atoms with Crippen molar-refractivity contribution in [3.8, 4) is 0 Å². The Morgan fingerprint density at radius 2 is 0.207 bits per heavy atom. The molecule has 0 atom stereocenters. The predicted molar refractivity (Wildman–Crippen MR) is 151 cm³/mol. The molecule has 0 N–H and O–H groups in total. The van der Waals surface area contributed by atoms with Gasteiger partial charge in [-0.05, 0) is 0 Å². The highest BCUT2D eigenvalue weighted by atomic mass is 13.6. The SMILES string of the molecule is CCC.CCC.CCC.CCCC.CCCC.CCCC.CCCC.CCCC. The summed E-state index contributed by atoms with van der Waals surface area (Å²) in [5.74, 6) is 0. The molecule has 0 unspecified atom stereocenters. The fourth-order valence-corrected chi connectivity index (χ4v) is 0. The zero-order chi connectivity index (χ0) is 25.2. The summed E-state index contributed by atoms with van der Waals surface area (Å²) in [6.45, 7) is 34.6. The zero-order valence-electron chi connectivity index (χ0n) is 25.2. The van der Waals surface area contributed by atoms with Crippen molar-refractivity contribution in [1.29, 1.82) is 0 Å². The average molecular weight is 423 g/mol. The topological polar surface area (TPSA) is 0 Å². The van der Waals surface area contributed by atoms with Crippen molar-refractivity contribution in [2.45, 2.75) is 194 Å². The third-order valence-electron chi connectivity index (χ3n) is 2.50. The Labute approximate surface area is 194 Å². The standard InChI is InChI=1S/5C4H10.3C3H8/c5*1-3-4-2;3*1-3-2/h5*3-4H2,1-2H3;3*3H2,1-2H3. The van der Waals surface area contributed by atoms with Crippen LogP contribution in [0.2, 0.25) is 0 Å². The number of hydrogen-bond acceptors (Lipinski definition) is 0. The molecule has 0 saturated heterocycles. The summed E-state index contributed by atoms with van der Waals surface area (Å²) in [5, 5.41) is 0. The van der Waals surface area contributed by atoms with Gasteiger partial charge in [-0.15, -0.1) is 0 Å². The summed E-state index contributed by atoms with van der Waals surface area (Å²) in [7, 11) is 0. The van der Waals surface area contributed by atoms with Crippen LogP contribution in [0.4, 0.5) is 0 Å². The highest BCUT2D eigenvalue weighted by Gasteiger charge is 1.58. The van der Waals surface area contributed by atoms with Crippen molar-refractivity contribution in [3.63, 3.8) is 0 Å². The molecule has 29 heavy (non-hydrogen) atoms. The highest BCUT2D eigenvalue weighted by molar-refractivity contribution is 4.14. The minimum absolute atomic E-state index is 1.25. The third-order valence-corrected chi connectivity index (χ3v) is 2.50. The van der Waals surface area contributed by atoms with Crippen molar-refractivity contribution in [2.24, 2.45) is 0 Å². The molecule has 0 rings (SSSR count). The monoisotopic (exact) mass is 423 g/mol. The maximum atomic E-state index is 2.18. The van der Waals surface area contributed by atoms with E-state index in [0.29, 0.717) is 0 Å². The Hall–Kier alpha value is 0. The van der Waals surface area contributed by atoms with Gasteiger partial charge in [0.1, 0.15) is 0 Å². The highest BCUT2D eigenvalue weighted by Crippen LogP contribution is 1.78. The van der Waals surface area contributed by atoms with Gasteiger partial charge in [0.25, 0.3) is 0 Å². The fourth-order valence-electron chi connectivity index (χ4n) is 0. The van der Waals surface area contributed by atoms with Crippen LogP contribution >= 0.6 is 0 Å². The largest absolute Gasteiger partial charge is 0.0656 e. The minimum atomic E-state index is 1.25. The number of rotatable bonds is 5. The van der Waals surface area contributed by atoms with Gasteiger partial charge in [0, 0.05) is 0 Å². The molecular formula is C29H74. The molecular weight excluding hydrogens is 348 g/mol. The van der Waals surface area contributed by atoms with E-state index >= 15 is 0 Å². The predicted octanol–water partition coefficient (Wildman–Crippen LogP) is 13.3. The first-order valence-electron chi connectivity index (χ1n) is 13.8. The lowest BCUT2D eigenvalue weighted by Crippen LogP contribution is -1.47. The van der Waals surface area contributed by atoms with Gasteiger partial charge >= 0.3 is 0 Å². The van der Waals surface area contributed by atoms with Crippen molar-refractivity contribution < 1.29 is 0 Å². The van der Waals surface area contributed by atoms with E-state index in [2.05, 4.69) is 111 Å². The van der Waals surface area contributed by atoms with Gasteiger partial charge < -0.3 is 0 Å². The van der Waals surface area contributed by atoms with Gasteiger partial charge in [0.15, 0.2) is 0 Å². The summed E-state index contributed by atoms with van der Waals surface area (Å²) >= 11 is 0. The Morgan fingerprint density at radius 3 is 0.207 bits per heavy atom.